The number of carbonyl (C=O) groups excluding carboxylic acids is 1. The van der Waals surface area contributed by atoms with Crippen molar-refractivity contribution in [3.8, 4) is 11.5 Å². The first-order valence-corrected chi connectivity index (χ1v) is 10.4. The number of hydrogen-bond acceptors (Lipinski definition) is 5. The molecule has 0 unspecified atom stereocenters. The zero-order chi connectivity index (χ0) is 23.7. The number of carboxylic acid groups (broad SMARTS) is 1. The fourth-order valence-corrected chi connectivity index (χ4v) is 3.17. The molecule has 2 amide bonds. The minimum absolute atomic E-state index is 0.0132. The fourth-order valence-electron chi connectivity index (χ4n) is 3.17. The van der Waals surface area contributed by atoms with Crippen LogP contribution < -0.4 is 19.7 Å². The highest BCUT2D eigenvalue weighted by atomic mass is 16.7. The van der Waals surface area contributed by atoms with E-state index in [-0.39, 0.29) is 25.2 Å². The summed E-state index contributed by atoms with van der Waals surface area (Å²) in [6.45, 7) is 6.37. The van der Waals surface area contributed by atoms with Crippen LogP contribution in [-0.2, 0) is 14.9 Å². The van der Waals surface area contributed by atoms with Crippen LogP contribution in [0.15, 0.2) is 42.5 Å². The monoisotopic (exact) mass is 444 g/mol. The fraction of sp³-hybridized carbons (Fsp3) is 0.417. The Hall–Kier alpha value is -3.26. The van der Waals surface area contributed by atoms with Crippen molar-refractivity contribution >= 4 is 23.4 Å². The van der Waals surface area contributed by atoms with E-state index in [0.29, 0.717) is 29.3 Å². The molecule has 0 fully saturated rings. The highest BCUT2D eigenvalue weighted by molar-refractivity contribution is 6.03. The Balaban J connectivity index is 2.43. The van der Waals surface area contributed by atoms with Crippen molar-refractivity contribution in [3.05, 3.63) is 48.0 Å². The second-order valence-electron chi connectivity index (χ2n) is 8.27. The number of para-hydroxylation sites is 1. The van der Waals surface area contributed by atoms with Crippen LogP contribution in [0.3, 0.4) is 0 Å². The van der Waals surface area contributed by atoms with Gasteiger partial charge in [0.1, 0.15) is 11.5 Å². The van der Waals surface area contributed by atoms with Crippen molar-refractivity contribution in [1.29, 1.82) is 0 Å². The largest absolute Gasteiger partial charge is 0.497 e. The van der Waals surface area contributed by atoms with Gasteiger partial charge in [-0.2, -0.15) is 0 Å². The van der Waals surface area contributed by atoms with Crippen LogP contribution in [-0.4, -0.2) is 44.7 Å². The molecule has 174 valence electrons. The SMILES string of the molecule is COCOc1c(NC(=O)N(CCCC(=O)O)c2ccccc2)cc(OC)cc1C(C)(C)C. The lowest BCUT2D eigenvalue weighted by molar-refractivity contribution is -0.137. The number of aliphatic carboxylic acids is 1. The molecular formula is C24H32N2O6. The quantitative estimate of drug-likeness (QED) is 0.507. The van der Waals surface area contributed by atoms with Crippen molar-refractivity contribution in [1.82, 2.24) is 0 Å². The van der Waals surface area contributed by atoms with Crippen LogP contribution in [0.5, 0.6) is 11.5 Å². The molecule has 0 bridgehead atoms. The minimum atomic E-state index is -0.906. The van der Waals surface area contributed by atoms with E-state index in [0.717, 1.165) is 5.56 Å². The molecule has 0 saturated carbocycles. The van der Waals surface area contributed by atoms with Crippen LogP contribution >= 0.6 is 0 Å². The number of anilines is 2. The number of nitrogens with one attached hydrogen (secondary N) is 1. The summed E-state index contributed by atoms with van der Waals surface area (Å²) >= 11 is 0. The van der Waals surface area contributed by atoms with E-state index < -0.39 is 12.0 Å². The predicted octanol–water partition coefficient (Wildman–Crippen LogP) is 4.88. The van der Waals surface area contributed by atoms with Crippen molar-refractivity contribution < 1.29 is 28.9 Å². The number of rotatable bonds is 10. The molecule has 0 aromatic heterocycles. The van der Waals surface area contributed by atoms with E-state index in [1.807, 2.05) is 45.0 Å². The molecule has 0 radical (unpaired) electrons. The Bertz CT molecular complexity index is 909. The molecule has 0 aliphatic carbocycles. The van der Waals surface area contributed by atoms with Gasteiger partial charge in [0, 0.05) is 37.4 Å². The smallest absolute Gasteiger partial charge is 0.326 e. The Morgan fingerprint density at radius 3 is 2.34 bits per heavy atom. The third-order valence-electron chi connectivity index (χ3n) is 4.75. The molecular weight excluding hydrogens is 412 g/mol. The number of carbonyl (C=O) groups is 2. The Labute approximate surface area is 189 Å². The summed E-state index contributed by atoms with van der Waals surface area (Å²) in [6.07, 6.45) is 0.280. The third kappa shape index (κ3) is 6.88. The Morgan fingerprint density at radius 1 is 1.09 bits per heavy atom. The summed E-state index contributed by atoms with van der Waals surface area (Å²) in [5.74, 6) is 0.162. The van der Waals surface area contributed by atoms with Gasteiger partial charge >= 0.3 is 12.0 Å². The highest BCUT2D eigenvalue weighted by Gasteiger charge is 2.26. The van der Waals surface area contributed by atoms with Gasteiger partial charge in [0.2, 0.25) is 0 Å². The number of amides is 2. The molecule has 32 heavy (non-hydrogen) atoms. The molecule has 2 aromatic rings. The zero-order valence-corrected chi connectivity index (χ0v) is 19.3. The standard InChI is InChI=1S/C24H32N2O6/c1-24(2,3)19-14-18(31-5)15-20(22(19)32-16-30-4)25-23(29)26(13-9-12-21(27)28)17-10-7-6-8-11-17/h6-8,10-11,14-15H,9,12-13,16H2,1-5H3,(H,25,29)(H,27,28). The average Bonchev–Trinajstić information content (AvgIpc) is 2.75. The lowest BCUT2D eigenvalue weighted by atomic mass is 9.85. The van der Waals surface area contributed by atoms with E-state index in [9.17, 15) is 9.59 Å². The Morgan fingerprint density at radius 2 is 1.78 bits per heavy atom. The summed E-state index contributed by atoms with van der Waals surface area (Å²) in [6, 6.07) is 12.3. The Kier molecular flexibility index (Phi) is 8.90. The first-order chi connectivity index (χ1) is 15.2. The molecule has 8 heteroatoms. The maximum Gasteiger partial charge on any atom is 0.326 e. The molecule has 0 atom stereocenters. The average molecular weight is 445 g/mol. The lowest BCUT2D eigenvalue weighted by Gasteiger charge is -2.27. The second kappa shape index (κ2) is 11.4. The number of carboxylic acids is 1. The van der Waals surface area contributed by atoms with Gasteiger partial charge in [0.15, 0.2) is 6.79 Å². The summed E-state index contributed by atoms with van der Waals surface area (Å²) in [4.78, 5) is 25.8. The van der Waals surface area contributed by atoms with Gasteiger partial charge in [-0.1, -0.05) is 39.0 Å². The van der Waals surface area contributed by atoms with Crippen molar-refractivity contribution in [2.75, 3.05) is 37.8 Å². The summed E-state index contributed by atoms with van der Waals surface area (Å²) in [7, 11) is 3.09. The van der Waals surface area contributed by atoms with Crippen LogP contribution in [0.1, 0.15) is 39.2 Å². The topological polar surface area (TPSA) is 97.3 Å². The molecule has 0 spiro atoms. The van der Waals surface area contributed by atoms with Gasteiger partial charge in [-0.05, 0) is 30.0 Å². The van der Waals surface area contributed by atoms with Crippen molar-refractivity contribution in [2.45, 2.75) is 39.0 Å². The van der Waals surface area contributed by atoms with Gasteiger partial charge in [-0.25, -0.2) is 4.79 Å². The summed E-state index contributed by atoms with van der Waals surface area (Å²) < 4.78 is 16.4. The number of urea groups is 1. The number of hydrogen-bond donors (Lipinski definition) is 2. The van der Waals surface area contributed by atoms with Crippen LogP contribution in [0, 0.1) is 0 Å². The van der Waals surface area contributed by atoms with E-state index in [4.69, 9.17) is 19.3 Å². The molecule has 2 aromatic carbocycles. The van der Waals surface area contributed by atoms with E-state index in [2.05, 4.69) is 5.32 Å². The van der Waals surface area contributed by atoms with Crippen molar-refractivity contribution in [2.24, 2.45) is 0 Å². The van der Waals surface area contributed by atoms with Crippen molar-refractivity contribution in [3.63, 3.8) is 0 Å². The van der Waals surface area contributed by atoms with Crippen LogP contribution in [0.4, 0.5) is 16.2 Å². The normalized spacial score (nSPS) is 11.0. The van der Waals surface area contributed by atoms with Crippen LogP contribution in [0.2, 0.25) is 0 Å². The lowest BCUT2D eigenvalue weighted by Crippen LogP contribution is -2.36. The number of ether oxygens (including phenoxy) is 3. The molecule has 0 saturated heterocycles. The molecule has 2 N–H and O–H groups in total. The highest BCUT2D eigenvalue weighted by Crippen LogP contribution is 2.41. The number of benzene rings is 2. The molecule has 0 heterocycles. The molecule has 8 nitrogen and oxygen atoms in total. The molecule has 0 aliphatic heterocycles. The van der Waals surface area contributed by atoms with Crippen LogP contribution in [0.25, 0.3) is 0 Å². The van der Waals surface area contributed by atoms with Gasteiger partial charge in [-0.3, -0.25) is 9.69 Å². The second-order valence-corrected chi connectivity index (χ2v) is 8.27. The maximum absolute atomic E-state index is 13.3. The summed E-state index contributed by atoms with van der Waals surface area (Å²) in [5, 5.41) is 11.9. The van der Waals surface area contributed by atoms with Gasteiger partial charge in [0.05, 0.1) is 12.8 Å². The van der Waals surface area contributed by atoms with Gasteiger partial charge in [0.25, 0.3) is 0 Å². The van der Waals surface area contributed by atoms with Gasteiger partial charge in [-0.15, -0.1) is 0 Å². The molecule has 2 rings (SSSR count). The first-order valence-electron chi connectivity index (χ1n) is 10.4. The summed E-state index contributed by atoms with van der Waals surface area (Å²) in [5.41, 5.74) is 1.66. The van der Waals surface area contributed by atoms with E-state index >= 15 is 0 Å². The predicted molar refractivity (Wildman–Crippen MR) is 124 cm³/mol. The third-order valence-corrected chi connectivity index (χ3v) is 4.75. The van der Waals surface area contributed by atoms with Gasteiger partial charge < -0.3 is 24.6 Å². The molecule has 0 aliphatic rings. The zero-order valence-electron chi connectivity index (χ0n) is 19.3. The van der Waals surface area contributed by atoms with E-state index in [1.54, 1.807) is 25.3 Å². The van der Waals surface area contributed by atoms with E-state index in [1.165, 1.54) is 12.0 Å². The maximum atomic E-state index is 13.3. The number of methoxy groups -OCH3 is 2. The first kappa shape index (κ1) is 25.0. The minimum Gasteiger partial charge on any atom is -0.497 e. The number of nitrogens with zero attached hydrogens (tertiary/aromatic N) is 1.